The summed E-state index contributed by atoms with van der Waals surface area (Å²) < 4.78 is 7.49. The summed E-state index contributed by atoms with van der Waals surface area (Å²) in [5.41, 5.74) is 11.7. The van der Waals surface area contributed by atoms with Crippen LogP contribution in [0, 0.1) is 20.4 Å². The molecule has 15 aromatic rings. The van der Waals surface area contributed by atoms with Crippen molar-refractivity contribution in [2.24, 2.45) is 0 Å². The number of likely N-dealkylation sites (N-methyl/N-ethyl adjacent to an activating group) is 5. The SMILES string of the molecule is CC(=O)Cc1cccc(C(c2ccccc2)C2CN(C)C(=O)c3c(O)c(=O)cnn32)c1.CCc1cccc(C(c2ccccc2)C2CN(C)C(=O)c3c(O)c(=O)cnn32)c1.CN1CC(C(Cc2ccccc2)c2ccccc2)n2ncc(=O)c(O)c2C1=O.Cc1cccc(C(c2ccccc2)C2CN(C)C(=O)c3c(O)c(=O)cnn32)c1.[C-]#[N+]c1cccc(C(c2cccc(C)c2)C2CN(C)C(=O)c3c(O)c(=O)cnn32)c1. The Morgan fingerprint density at radius 3 is 0.870 bits per heavy atom. The molecular formula is C114H108N16O16. The van der Waals surface area contributed by atoms with Gasteiger partial charge in [0.25, 0.3) is 29.5 Å². The Labute approximate surface area is 840 Å². The van der Waals surface area contributed by atoms with Crippen LogP contribution in [0.25, 0.3) is 4.85 Å². The van der Waals surface area contributed by atoms with E-state index in [0.717, 1.165) is 111 Å². The molecule has 5 aliphatic heterocycles. The van der Waals surface area contributed by atoms with Gasteiger partial charge in [0.1, 0.15) is 5.78 Å². The van der Waals surface area contributed by atoms with Gasteiger partial charge in [-0.05, 0) is 100 Å². The van der Waals surface area contributed by atoms with Gasteiger partial charge in [-0.3, -0.25) is 76.1 Å². The highest BCUT2D eigenvalue weighted by Gasteiger charge is 2.45. The summed E-state index contributed by atoms with van der Waals surface area (Å²) in [5, 5.41) is 72.8. The first-order chi connectivity index (χ1) is 70.3. The first kappa shape index (κ1) is 101. The highest BCUT2D eigenvalue weighted by atomic mass is 16.3. The van der Waals surface area contributed by atoms with Crippen molar-refractivity contribution in [2.45, 2.75) is 107 Å². The molecule has 10 atom stereocenters. The summed E-state index contributed by atoms with van der Waals surface area (Å²) in [6.07, 6.45) is 7.30. The zero-order valence-electron chi connectivity index (χ0n) is 81.7. The predicted molar refractivity (Wildman–Crippen MR) is 549 cm³/mol. The van der Waals surface area contributed by atoms with Gasteiger partial charge in [-0.2, -0.15) is 25.5 Å². The van der Waals surface area contributed by atoms with Gasteiger partial charge in [0.15, 0.2) is 62.9 Å². The van der Waals surface area contributed by atoms with Crippen LogP contribution in [-0.2, 0) is 24.1 Å². The maximum absolute atomic E-state index is 12.7. The van der Waals surface area contributed by atoms with Crippen molar-refractivity contribution in [3.05, 3.63) is 473 Å². The minimum Gasteiger partial charge on any atom is -0.502 e. The van der Waals surface area contributed by atoms with E-state index in [2.05, 4.69) is 110 Å². The van der Waals surface area contributed by atoms with Crippen LogP contribution >= 0.6 is 0 Å². The summed E-state index contributed by atoms with van der Waals surface area (Å²) in [4.78, 5) is 146. The number of benzene rings is 10. The molecule has 32 heteroatoms. The van der Waals surface area contributed by atoms with Crippen LogP contribution in [0.1, 0.15) is 204 Å². The van der Waals surface area contributed by atoms with Crippen LogP contribution < -0.4 is 27.1 Å². The lowest BCUT2D eigenvalue weighted by Crippen LogP contribution is -2.45. The highest BCUT2D eigenvalue weighted by molar-refractivity contribution is 5.98. The van der Waals surface area contributed by atoms with Gasteiger partial charge in [-0.1, -0.05) is 291 Å². The number of rotatable bonds is 19. The molecule has 0 saturated heterocycles. The third-order valence-corrected chi connectivity index (χ3v) is 27.2. The number of hydrogen-bond acceptors (Lipinski definition) is 21. The Hall–Kier alpha value is -17.9. The molecule has 146 heavy (non-hydrogen) atoms. The third-order valence-electron chi connectivity index (χ3n) is 27.2. The van der Waals surface area contributed by atoms with Crippen molar-refractivity contribution in [3.8, 4) is 28.7 Å². The fraction of sp³-hybridized carbons (Fsp3) is 0.237. The van der Waals surface area contributed by atoms with Gasteiger partial charge in [-0.25, -0.2) is 4.85 Å². The topological polar surface area (TPSA) is 399 Å². The number of fused-ring (bicyclic) bond motifs is 5. The zero-order chi connectivity index (χ0) is 104. The number of aromatic hydroxyl groups is 5. The van der Waals surface area contributed by atoms with Gasteiger partial charge < -0.3 is 50.0 Å². The molecule has 5 amide bonds. The molecule has 740 valence electrons. The number of Topliss-reactive ketones (excluding diaryl/α,β-unsaturated/α-hetero) is 1. The second-order valence-corrected chi connectivity index (χ2v) is 37.1. The van der Waals surface area contributed by atoms with Gasteiger partial charge in [0, 0.05) is 104 Å². The van der Waals surface area contributed by atoms with E-state index in [1.807, 2.05) is 208 Å². The van der Waals surface area contributed by atoms with Crippen molar-refractivity contribution in [1.82, 2.24) is 73.4 Å². The second-order valence-electron chi connectivity index (χ2n) is 37.1. The van der Waals surface area contributed by atoms with Gasteiger partial charge >= 0.3 is 0 Å². The number of carbonyl (C=O) groups excluding carboxylic acids is 6. The maximum Gasteiger partial charge on any atom is 0.275 e. The summed E-state index contributed by atoms with van der Waals surface area (Å²) in [5.74, 6) is -5.53. The molecule has 0 saturated carbocycles. The van der Waals surface area contributed by atoms with Crippen LogP contribution in [0.5, 0.6) is 28.7 Å². The van der Waals surface area contributed by atoms with Crippen LogP contribution in [0.4, 0.5) is 5.69 Å². The van der Waals surface area contributed by atoms with E-state index in [1.54, 1.807) is 58.0 Å². The Kier molecular flexibility index (Phi) is 30.5. The fourth-order valence-corrected chi connectivity index (χ4v) is 20.2. The third kappa shape index (κ3) is 21.2. The molecule has 5 N–H and O–H groups in total. The molecule has 0 fully saturated rings. The molecule has 5 aromatic heterocycles. The van der Waals surface area contributed by atoms with E-state index in [-0.39, 0.29) is 94.1 Å². The quantitative estimate of drug-likeness (QED) is 0.0469. The fourth-order valence-electron chi connectivity index (χ4n) is 20.2. The van der Waals surface area contributed by atoms with Crippen molar-refractivity contribution in [1.29, 1.82) is 0 Å². The molecule has 0 spiro atoms. The molecular weight excluding hydrogens is 1850 g/mol. The minimum absolute atomic E-state index is 0.00676. The Bertz CT molecular complexity index is 7810. The smallest absolute Gasteiger partial charge is 0.275 e. The van der Waals surface area contributed by atoms with Crippen molar-refractivity contribution in [3.63, 3.8) is 0 Å². The molecule has 0 bridgehead atoms. The molecule has 10 heterocycles. The normalized spacial score (nSPS) is 17.0. The highest BCUT2D eigenvalue weighted by Crippen LogP contribution is 2.46. The summed E-state index contributed by atoms with van der Waals surface area (Å²) in [7, 11) is 8.32. The number of aryl methyl sites for hydroxylation is 3. The van der Waals surface area contributed by atoms with E-state index in [4.69, 9.17) is 6.57 Å². The number of carbonyl (C=O) groups is 6. The minimum atomic E-state index is -0.689. The van der Waals surface area contributed by atoms with Crippen LogP contribution in [0.3, 0.4) is 0 Å². The Morgan fingerprint density at radius 1 is 0.315 bits per heavy atom. The number of amides is 5. The lowest BCUT2D eigenvalue weighted by Gasteiger charge is -2.38. The van der Waals surface area contributed by atoms with E-state index in [9.17, 15) is 78.3 Å². The van der Waals surface area contributed by atoms with Gasteiger partial charge in [-0.15, -0.1) is 0 Å². The molecule has 10 aromatic carbocycles. The largest absolute Gasteiger partial charge is 0.502 e. The second kappa shape index (κ2) is 44.1. The number of aromatic nitrogens is 10. The average molecular weight is 1960 g/mol. The Morgan fingerprint density at radius 2 is 0.562 bits per heavy atom. The number of hydrogen-bond donors (Lipinski definition) is 5. The molecule has 32 nitrogen and oxygen atoms in total. The van der Waals surface area contributed by atoms with E-state index < -0.39 is 85.4 Å². The first-order valence-corrected chi connectivity index (χ1v) is 47.6. The van der Waals surface area contributed by atoms with Gasteiger partial charge in [0.2, 0.25) is 27.1 Å². The van der Waals surface area contributed by atoms with E-state index in [1.165, 1.54) is 49.2 Å². The van der Waals surface area contributed by atoms with Crippen molar-refractivity contribution < 1.29 is 54.3 Å². The molecule has 0 aliphatic carbocycles. The Balaban J connectivity index is 0.000000131. The summed E-state index contributed by atoms with van der Waals surface area (Å²) in [6.45, 7) is 17.0. The molecule has 20 rings (SSSR count). The van der Waals surface area contributed by atoms with Gasteiger partial charge in [0.05, 0.1) is 67.8 Å². The standard InChI is InChI=1S/C24H23N3O4.C23H20N4O3.C23H23N3O3.2C22H21N3O3/c1-15(28)11-16-7-6-10-18(12-16)21(17-8-4-3-5-9-17)19-14-26(2)24(31)22-23(30)20(29)13-25-27(19)22;1-14-6-4-7-15(10-14)20(16-8-5-9-17(11-16)24-2)18-13-26(3)23(30)21-22(29)19(28)12-25-27(18)21;1-3-15-8-7-11-17(12-15)20(16-9-5-4-6-10-16)18-14-25(2)23(29)21-22(28)19(27)13-24-26(18)21;1-14-7-6-10-16(11-14)19(15-8-4-3-5-9-15)17-13-24(2)22(28)20-21(27)18(26)12-23-25(17)20;1-24-14-18(25-20(22(24)28)21(27)19(26)13-23-25)17(16-10-6-3-7-11-16)12-15-8-4-2-5-9-15/h3-10,12-13,19,21,30H,11,14H2,1-2H3;4-12,18,20,29H,13H2,1,3H3;4-13,18,20,28H,3,14H2,1-2H3;3-12,17,19,27H,13H2,1-2H3;2-11,13,17-18,27H,12,14H2,1H3. The summed E-state index contributed by atoms with van der Waals surface area (Å²) in [6, 6.07) is 88.4. The van der Waals surface area contributed by atoms with Crippen LogP contribution in [0.15, 0.2) is 328 Å². The van der Waals surface area contributed by atoms with E-state index >= 15 is 0 Å². The number of ketones is 1. The lowest BCUT2D eigenvalue weighted by molar-refractivity contribution is -0.116. The molecule has 10 unspecified atom stereocenters. The van der Waals surface area contributed by atoms with Crippen molar-refractivity contribution >= 4 is 41.0 Å². The number of nitrogens with zero attached hydrogens (tertiary/aromatic N) is 16. The monoisotopic (exact) mass is 1960 g/mol. The van der Waals surface area contributed by atoms with Crippen molar-refractivity contribution in [2.75, 3.05) is 68.0 Å². The molecule has 5 aliphatic rings. The maximum atomic E-state index is 12.7. The molecule has 0 radical (unpaired) electrons. The van der Waals surface area contributed by atoms with Crippen LogP contribution in [-0.4, -0.2) is 202 Å². The van der Waals surface area contributed by atoms with E-state index in [0.29, 0.717) is 44.8 Å². The predicted octanol–water partition coefficient (Wildman–Crippen LogP) is 14.1. The zero-order valence-corrected chi connectivity index (χ0v) is 81.7. The lowest BCUT2D eigenvalue weighted by atomic mass is 9.83. The van der Waals surface area contributed by atoms with Crippen LogP contribution in [0.2, 0.25) is 0 Å². The first-order valence-electron chi connectivity index (χ1n) is 47.6. The summed E-state index contributed by atoms with van der Waals surface area (Å²) >= 11 is 0. The average Bonchev–Trinajstić information content (AvgIpc) is 0.766.